The highest BCUT2D eigenvalue weighted by Crippen LogP contribution is 2.21. The number of esters is 1. The smallest absolute Gasteiger partial charge is 0.330 e. The third-order valence-electron chi connectivity index (χ3n) is 3.33. The van der Waals surface area contributed by atoms with Gasteiger partial charge < -0.3 is 14.2 Å². The molecular weight excluding hydrogens is 256 g/mol. The average molecular weight is 282 g/mol. The Hall–Kier alpha value is -1.13. The Balaban J connectivity index is 2.46. The first-order chi connectivity index (χ1) is 9.67. The lowest BCUT2D eigenvalue weighted by Gasteiger charge is -2.29. The molecule has 4 heteroatoms. The van der Waals surface area contributed by atoms with Crippen molar-refractivity contribution in [2.75, 3.05) is 13.2 Å². The van der Waals surface area contributed by atoms with Gasteiger partial charge in [0.2, 0.25) is 0 Å². The normalized spacial score (nSPS) is 22.4. The number of carbonyl (C=O) groups is 1. The van der Waals surface area contributed by atoms with E-state index in [1.54, 1.807) is 13.0 Å². The summed E-state index contributed by atoms with van der Waals surface area (Å²) in [7, 11) is 0. The van der Waals surface area contributed by atoms with Gasteiger partial charge in [0.05, 0.1) is 12.7 Å². The van der Waals surface area contributed by atoms with Crippen LogP contribution >= 0.6 is 0 Å². The highest BCUT2D eigenvalue weighted by molar-refractivity contribution is 5.81. The molecule has 0 amide bonds. The SMILES string of the molecule is C=C[C@@H](C)[C@@H](C/C=C/C(=O)OCC)OC1CCCCO1. The standard InChI is InChI=1S/C16H26O4/c1-4-13(3)14(9-8-10-15(17)18-5-2)20-16-11-6-7-12-19-16/h4,8,10,13-14,16H,1,5-7,9,11-12H2,2-3H3/b10-8+/t13-,14-,16?/m1/s1. The number of ether oxygens (including phenoxy) is 3. The summed E-state index contributed by atoms with van der Waals surface area (Å²) in [5.74, 6) is -0.112. The third-order valence-corrected chi connectivity index (χ3v) is 3.33. The van der Waals surface area contributed by atoms with Crippen molar-refractivity contribution in [1.82, 2.24) is 0 Å². The van der Waals surface area contributed by atoms with Gasteiger partial charge in [-0.05, 0) is 32.6 Å². The van der Waals surface area contributed by atoms with Gasteiger partial charge in [0, 0.05) is 18.6 Å². The van der Waals surface area contributed by atoms with Gasteiger partial charge in [-0.3, -0.25) is 0 Å². The largest absolute Gasteiger partial charge is 0.463 e. The zero-order valence-corrected chi connectivity index (χ0v) is 12.5. The molecule has 1 aliphatic rings. The molecule has 0 spiro atoms. The molecular formula is C16H26O4. The minimum absolute atomic E-state index is 0.0266. The molecule has 1 aliphatic heterocycles. The Morgan fingerprint density at radius 3 is 2.90 bits per heavy atom. The van der Waals surface area contributed by atoms with E-state index in [1.165, 1.54) is 6.08 Å². The summed E-state index contributed by atoms with van der Waals surface area (Å²) < 4.78 is 16.4. The Labute approximate surface area is 121 Å². The second-order valence-corrected chi connectivity index (χ2v) is 4.96. The van der Waals surface area contributed by atoms with E-state index in [1.807, 2.05) is 6.08 Å². The average Bonchev–Trinajstić information content (AvgIpc) is 2.47. The summed E-state index contributed by atoms with van der Waals surface area (Å²) in [6, 6.07) is 0. The Morgan fingerprint density at radius 1 is 1.50 bits per heavy atom. The van der Waals surface area contributed by atoms with Crippen LogP contribution in [0.3, 0.4) is 0 Å². The lowest BCUT2D eigenvalue weighted by atomic mass is 10.0. The van der Waals surface area contributed by atoms with Crippen LogP contribution in [0.4, 0.5) is 0 Å². The van der Waals surface area contributed by atoms with E-state index < -0.39 is 0 Å². The van der Waals surface area contributed by atoms with Crippen molar-refractivity contribution in [3.05, 3.63) is 24.8 Å². The zero-order chi connectivity index (χ0) is 14.8. The molecule has 0 radical (unpaired) electrons. The lowest BCUT2D eigenvalue weighted by molar-refractivity contribution is -0.193. The van der Waals surface area contributed by atoms with Crippen LogP contribution in [0.2, 0.25) is 0 Å². The predicted octanol–water partition coefficient (Wildman–Crippen LogP) is 3.23. The van der Waals surface area contributed by atoms with Crippen LogP contribution in [-0.4, -0.2) is 31.6 Å². The van der Waals surface area contributed by atoms with Crippen LogP contribution in [0.5, 0.6) is 0 Å². The van der Waals surface area contributed by atoms with Gasteiger partial charge in [0.15, 0.2) is 6.29 Å². The van der Waals surface area contributed by atoms with Crippen molar-refractivity contribution in [2.45, 2.75) is 51.9 Å². The van der Waals surface area contributed by atoms with Gasteiger partial charge in [0.25, 0.3) is 0 Å². The molecule has 0 aromatic rings. The quantitative estimate of drug-likeness (QED) is 0.389. The number of carbonyl (C=O) groups excluding carboxylic acids is 1. The fourth-order valence-electron chi connectivity index (χ4n) is 2.05. The van der Waals surface area contributed by atoms with E-state index in [0.717, 1.165) is 25.9 Å². The van der Waals surface area contributed by atoms with Crippen molar-refractivity contribution < 1.29 is 19.0 Å². The molecule has 3 atom stereocenters. The summed E-state index contributed by atoms with van der Waals surface area (Å²) >= 11 is 0. The molecule has 1 unspecified atom stereocenters. The number of hydrogen-bond acceptors (Lipinski definition) is 4. The molecule has 0 aromatic carbocycles. The van der Waals surface area contributed by atoms with Crippen LogP contribution in [-0.2, 0) is 19.0 Å². The molecule has 0 N–H and O–H groups in total. The summed E-state index contributed by atoms with van der Waals surface area (Å²) in [6.07, 6.45) is 8.78. The third kappa shape index (κ3) is 6.35. The highest BCUT2D eigenvalue weighted by Gasteiger charge is 2.22. The molecule has 0 aromatic heterocycles. The maximum atomic E-state index is 11.3. The molecule has 0 bridgehead atoms. The van der Waals surface area contributed by atoms with Crippen LogP contribution < -0.4 is 0 Å². The highest BCUT2D eigenvalue weighted by atomic mass is 16.7. The van der Waals surface area contributed by atoms with E-state index in [4.69, 9.17) is 14.2 Å². The lowest BCUT2D eigenvalue weighted by Crippen LogP contribution is -2.30. The first-order valence-corrected chi connectivity index (χ1v) is 7.40. The maximum absolute atomic E-state index is 11.3. The van der Waals surface area contributed by atoms with Crippen molar-refractivity contribution >= 4 is 5.97 Å². The Kier molecular flexibility index (Phi) is 8.23. The first kappa shape index (κ1) is 16.9. The number of rotatable bonds is 8. The molecule has 114 valence electrons. The summed E-state index contributed by atoms with van der Waals surface area (Å²) in [5.41, 5.74) is 0. The molecule has 1 heterocycles. The minimum atomic E-state index is -0.313. The molecule has 0 saturated carbocycles. The van der Waals surface area contributed by atoms with E-state index in [0.29, 0.717) is 13.0 Å². The van der Waals surface area contributed by atoms with Crippen LogP contribution in [0, 0.1) is 5.92 Å². The van der Waals surface area contributed by atoms with Gasteiger partial charge in [-0.2, -0.15) is 0 Å². The predicted molar refractivity (Wildman–Crippen MR) is 78.2 cm³/mol. The van der Waals surface area contributed by atoms with Gasteiger partial charge >= 0.3 is 5.97 Å². The van der Waals surface area contributed by atoms with Gasteiger partial charge in [-0.25, -0.2) is 4.79 Å². The fourth-order valence-corrected chi connectivity index (χ4v) is 2.05. The maximum Gasteiger partial charge on any atom is 0.330 e. The minimum Gasteiger partial charge on any atom is -0.463 e. The summed E-state index contributed by atoms with van der Waals surface area (Å²) in [4.78, 5) is 11.3. The van der Waals surface area contributed by atoms with E-state index in [-0.39, 0.29) is 24.3 Å². The van der Waals surface area contributed by atoms with Crippen molar-refractivity contribution in [2.24, 2.45) is 5.92 Å². The van der Waals surface area contributed by atoms with Crippen LogP contribution in [0.15, 0.2) is 24.8 Å². The van der Waals surface area contributed by atoms with E-state index in [2.05, 4.69) is 13.5 Å². The van der Waals surface area contributed by atoms with E-state index in [9.17, 15) is 4.79 Å². The van der Waals surface area contributed by atoms with Crippen molar-refractivity contribution in [3.8, 4) is 0 Å². The van der Waals surface area contributed by atoms with Crippen LogP contribution in [0.1, 0.15) is 39.5 Å². The fraction of sp³-hybridized carbons (Fsp3) is 0.688. The second kappa shape index (κ2) is 9.72. The summed E-state index contributed by atoms with van der Waals surface area (Å²) in [6.45, 7) is 8.81. The van der Waals surface area contributed by atoms with Gasteiger partial charge in [0.1, 0.15) is 0 Å². The van der Waals surface area contributed by atoms with Crippen molar-refractivity contribution in [3.63, 3.8) is 0 Å². The molecule has 1 fully saturated rings. The molecule has 20 heavy (non-hydrogen) atoms. The second-order valence-electron chi connectivity index (χ2n) is 4.96. The van der Waals surface area contributed by atoms with Gasteiger partial charge in [-0.15, -0.1) is 6.58 Å². The Morgan fingerprint density at radius 2 is 2.30 bits per heavy atom. The number of hydrogen-bond donors (Lipinski definition) is 0. The van der Waals surface area contributed by atoms with Gasteiger partial charge in [-0.1, -0.05) is 19.1 Å². The monoisotopic (exact) mass is 282 g/mol. The molecule has 4 nitrogen and oxygen atoms in total. The zero-order valence-electron chi connectivity index (χ0n) is 12.5. The molecule has 0 aliphatic carbocycles. The van der Waals surface area contributed by atoms with Crippen LogP contribution in [0.25, 0.3) is 0 Å². The topological polar surface area (TPSA) is 44.8 Å². The first-order valence-electron chi connectivity index (χ1n) is 7.40. The Bertz CT molecular complexity index is 318. The summed E-state index contributed by atoms with van der Waals surface area (Å²) in [5, 5.41) is 0. The molecule has 1 rings (SSSR count). The van der Waals surface area contributed by atoms with E-state index >= 15 is 0 Å². The molecule has 1 saturated heterocycles. The van der Waals surface area contributed by atoms with Crippen molar-refractivity contribution in [1.29, 1.82) is 0 Å².